The molecular formula is C30H31F3N2O6. The molecule has 1 saturated heterocycles. The summed E-state index contributed by atoms with van der Waals surface area (Å²) in [6, 6.07) is 17.4. The maximum absolute atomic E-state index is 12.8. The van der Waals surface area contributed by atoms with Crippen molar-refractivity contribution in [3.63, 3.8) is 0 Å². The number of amides is 2. The van der Waals surface area contributed by atoms with Crippen LogP contribution in [0, 0.1) is 0 Å². The Morgan fingerprint density at radius 3 is 2.10 bits per heavy atom. The SMILES string of the molecule is CN1C(=O)NCC1(CCOc1ccc(CC(C)(Oc2ccc(C(F)(F)F)cc2)C(=O)O)cc1)Cc1ccc(O)cc1. The van der Waals surface area contributed by atoms with Crippen molar-refractivity contribution in [3.8, 4) is 17.2 Å². The van der Waals surface area contributed by atoms with Crippen LogP contribution in [0.15, 0.2) is 72.8 Å². The Hall–Kier alpha value is -4.41. The zero-order chi connectivity index (χ0) is 29.8. The normalized spacial score (nSPS) is 18.5. The lowest BCUT2D eigenvalue weighted by atomic mass is 9.87. The van der Waals surface area contributed by atoms with E-state index in [0.717, 1.165) is 29.8 Å². The molecule has 11 heteroatoms. The van der Waals surface area contributed by atoms with E-state index in [-0.39, 0.29) is 24.0 Å². The largest absolute Gasteiger partial charge is 0.508 e. The molecule has 4 rings (SSSR count). The minimum Gasteiger partial charge on any atom is -0.508 e. The van der Waals surface area contributed by atoms with E-state index in [0.29, 0.717) is 37.3 Å². The molecular weight excluding hydrogens is 541 g/mol. The fourth-order valence-corrected chi connectivity index (χ4v) is 4.79. The fourth-order valence-electron chi connectivity index (χ4n) is 4.79. The number of phenolic OH excluding ortho intramolecular Hbond substituents is 1. The van der Waals surface area contributed by atoms with Gasteiger partial charge in [0, 0.05) is 26.4 Å². The van der Waals surface area contributed by atoms with Gasteiger partial charge >= 0.3 is 18.2 Å². The van der Waals surface area contributed by atoms with Crippen molar-refractivity contribution in [1.82, 2.24) is 10.2 Å². The number of carbonyl (C=O) groups excluding carboxylic acids is 1. The molecule has 41 heavy (non-hydrogen) atoms. The lowest BCUT2D eigenvalue weighted by Crippen LogP contribution is -2.47. The number of halogens is 3. The smallest absolute Gasteiger partial charge is 0.416 e. The molecule has 1 aliphatic rings. The summed E-state index contributed by atoms with van der Waals surface area (Å²) in [5, 5.41) is 22.3. The van der Waals surface area contributed by atoms with E-state index in [1.807, 2.05) is 12.1 Å². The molecule has 218 valence electrons. The Bertz CT molecular complexity index is 1360. The topological polar surface area (TPSA) is 108 Å². The van der Waals surface area contributed by atoms with Crippen LogP contribution in [-0.2, 0) is 23.8 Å². The minimum absolute atomic E-state index is 0.00828. The number of carbonyl (C=O) groups is 2. The first-order chi connectivity index (χ1) is 19.3. The molecule has 0 saturated carbocycles. The van der Waals surface area contributed by atoms with Gasteiger partial charge in [0.05, 0.1) is 17.7 Å². The van der Waals surface area contributed by atoms with Gasteiger partial charge < -0.3 is 29.9 Å². The Balaban J connectivity index is 1.38. The summed E-state index contributed by atoms with van der Waals surface area (Å²) in [6.45, 7) is 2.11. The van der Waals surface area contributed by atoms with Crippen LogP contribution >= 0.6 is 0 Å². The molecule has 0 bridgehead atoms. The number of aliphatic carboxylic acids is 1. The van der Waals surface area contributed by atoms with Crippen molar-refractivity contribution in [2.75, 3.05) is 20.2 Å². The molecule has 0 aromatic heterocycles. The summed E-state index contributed by atoms with van der Waals surface area (Å²) in [6.07, 6.45) is -3.45. The maximum Gasteiger partial charge on any atom is 0.416 e. The number of rotatable bonds is 11. The Morgan fingerprint density at radius 1 is 0.976 bits per heavy atom. The molecule has 1 aliphatic heterocycles. The first-order valence-corrected chi connectivity index (χ1v) is 12.9. The van der Waals surface area contributed by atoms with Gasteiger partial charge in [0.1, 0.15) is 17.2 Å². The summed E-state index contributed by atoms with van der Waals surface area (Å²) in [5.74, 6) is -0.540. The van der Waals surface area contributed by atoms with Crippen LogP contribution < -0.4 is 14.8 Å². The third-order valence-electron chi connectivity index (χ3n) is 7.33. The Morgan fingerprint density at radius 2 is 1.56 bits per heavy atom. The molecule has 1 heterocycles. The molecule has 2 unspecified atom stereocenters. The van der Waals surface area contributed by atoms with E-state index in [1.165, 1.54) is 6.92 Å². The van der Waals surface area contributed by atoms with E-state index in [1.54, 1.807) is 48.3 Å². The highest BCUT2D eigenvalue weighted by molar-refractivity contribution is 5.78. The van der Waals surface area contributed by atoms with Crippen LogP contribution in [0.25, 0.3) is 0 Å². The van der Waals surface area contributed by atoms with Gasteiger partial charge in [-0.1, -0.05) is 24.3 Å². The van der Waals surface area contributed by atoms with Crippen molar-refractivity contribution in [3.05, 3.63) is 89.5 Å². The average molecular weight is 573 g/mol. The van der Waals surface area contributed by atoms with Gasteiger partial charge in [-0.05, 0) is 73.0 Å². The van der Waals surface area contributed by atoms with Crippen LogP contribution in [0.2, 0.25) is 0 Å². The van der Waals surface area contributed by atoms with Crippen molar-refractivity contribution >= 4 is 12.0 Å². The van der Waals surface area contributed by atoms with E-state index in [2.05, 4.69) is 5.32 Å². The number of hydrogen-bond donors (Lipinski definition) is 3. The number of hydrogen-bond acceptors (Lipinski definition) is 5. The number of phenols is 1. The first-order valence-electron chi connectivity index (χ1n) is 12.9. The molecule has 3 N–H and O–H groups in total. The number of alkyl halides is 3. The maximum atomic E-state index is 12.8. The van der Waals surface area contributed by atoms with Crippen molar-refractivity contribution < 1.29 is 42.4 Å². The molecule has 1 fully saturated rings. The molecule has 3 aromatic carbocycles. The monoisotopic (exact) mass is 572 g/mol. The number of nitrogens with zero attached hydrogens (tertiary/aromatic N) is 1. The number of carboxylic acid groups (broad SMARTS) is 1. The summed E-state index contributed by atoms with van der Waals surface area (Å²) >= 11 is 0. The molecule has 0 spiro atoms. The second kappa shape index (κ2) is 11.6. The summed E-state index contributed by atoms with van der Waals surface area (Å²) in [4.78, 5) is 26.0. The van der Waals surface area contributed by atoms with Gasteiger partial charge in [0.2, 0.25) is 5.60 Å². The highest BCUT2D eigenvalue weighted by Crippen LogP contribution is 2.32. The van der Waals surface area contributed by atoms with Gasteiger partial charge in [0.15, 0.2) is 0 Å². The van der Waals surface area contributed by atoms with Crippen LogP contribution in [0.5, 0.6) is 17.2 Å². The van der Waals surface area contributed by atoms with Crippen molar-refractivity contribution in [2.45, 2.75) is 43.5 Å². The highest BCUT2D eigenvalue weighted by atomic mass is 19.4. The average Bonchev–Trinajstić information content (AvgIpc) is 3.19. The zero-order valence-corrected chi connectivity index (χ0v) is 22.6. The van der Waals surface area contributed by atoms with Crippen molar-refractivity contribution in [2.24, 2.45) is 0 Å². The Labute approximate surface area is 235 Å². The fraction of sp³-hybridized carbons (Fsp3) is 0.333. The summed E-state index contributed by atoms with van der Waals surface area (Å²) in [5.41, 5.74) is -1.51. The second-order valence-corrected chi connectivity index (χ2v) is 10.4. The predicted octanol–water partition coefficient (Wildman–Crippen LogP) is 5.28. The first kappa shape index (κ1) is 29.6. The van der Waals surface area contributed by atoms with E-state index in [4.69, 9.17) is 9.47 Å². The quantitative estimate of drug-likeness (QED) is 0.289. The molecule has 2 amide bonds. The van der Waals surface area contributed by atoms with Crippen LogP contribution in [0.3, 0.4) is 0 Å². The van der Waals surface area contributed by atoms with Crippen molar-refractivity contribution in [1.29, 1.82) is 0 Å². The second-order valence-electron chi connectivity index (χ2n) is 10.4. The summed E-state index contributed by atoms with van der Waals surface area (Å²) < 4.78 is 50.1. The summed E-state index contributed by atoms with van der Waals surface area (Å²) in [7, 11) is 1.74. The zero-order valence-electron chi connectivity index (χ0n) is 22.6. The van der Waals surface area contributed by atoms with Gasteiger partial charge in [-0.25, -0.2) is 9.59 Å². The van der Waals surface area contributed by atoms with E-state index in [9.17, 15) is 33.0 Å². The molecule has 0 aliphatic carbocycles. The van der Waals surface area contributed by atoms with Gasteiger partial charge in [-0.2, -0.15) is 13.2 Å². The van der Waals surface area contributed by atoms with Crippen LogP contribution in [0.1, 0.15) is 30.0 Å². The van der Waals surface area contributed by atoms with Gasteiger partial charge in [-0.15, -0.1) is 0 Å². The molecule has 8 nitrogen and oxygen atoms in total. The number of benzene rings is 3. The highest BCUT2D eigenvalue weighted by Gasteiger charge is 2.43. The number of urea groups is 1. The third-order valence-corrected chi connectivity index (χ3v) is 7.33. The third kappa shape index (κ3) is 7.03. The molecule has 2 atom stereocenters. The van der Waals surface area contributed by atoms with E-state index < -0.39 is 28.8 Å². The molecule has 0 radical (unpaired) electrons. The number of aromatic hydroxyl groups is 1. The number of ether oxygens (including phenoxy) is 2. The van der Waals surface area contributed by atoms with E-state index >= 15 is 0 Å². The molecule has 3 aromatic rings. The van der Waals surface area contributed by atoms with Gasteiger partial charge in [0.25, 0.3) is 0 Å². The minimum atomic E-state index is -4.51. The van der Waals surface area contributed by atoms with Crippen LogP contribution in [0.4, 0.5) is 18.0 Å². The predicted molar refractivity (Wildman–Crippen MR) is 144 cm³/mol. The van der Waals surface area contributed by atoms with Gasteiger partial charge in [-0.3, -0.25) is 0 Å². The number of likely N-dealkylation sites (N-methyl/N-ethyl adjacent to an activating group) is 1. The lowest BCUT2D eigenvalue weighted by Gasteiger charge is -2.35. The van der Waals surface area contributed by atoms with Crippen LogP contribution in [-0.4, -0.2) is 58.5 Å². The standard InChI is InChI=1S/C30H31F3N2O6/c1-28(26(37)38,41-25-13-7-22(8-14-25)30(31,32)33)17-20-5-11-24(12-6-20)40-16-15-29(19-34-27(39)35(29)2)18-21-3-9-23(36)10-4-21/h3-14,36H,15-19H2,1-2H3,(H,34,39)(H,37,38). The lowest BCUT2D eigenvalue weighted by molar-refractivity contribution is -0.153. The Kier molecular flexibility index (Phi) is 8.37. The number of carboxylic acids is 1. The number of nitrogens with one attached hydrogen (secondary N) is 1.